The number of aryl methyl sites for hydroxylation is 2. The molecule has 0 saturated carbocycles. The standard InChI is InChI=1S/C18H21N3O/c1-13-11-16(7-8-17(13)21-9-3-4-10-21)20-18(22)15-6-5-14(2)19-12-15/h5-8,11-12H,3-4,9-10H2,1-2H3,(H,20,22). The summed E-state index contributed by atoms with van der Waals surface area (Å²) in [5, 5.41) is 2.94. The third kappa shape index (κ3) is 3.11. The number of benzene rings is 1. The van der Waals surface area contributed by atoms with Gasteiger partial charge in [0.1, 0.15) is 0 Å². The molecule has 4 heteroatoms. The van der Waals surface area contributed by atoms with E-state index in [1.807, 2.05) is 25.1 Å². The van der Waals surface area contributed by atoms with E-state index in [1.54, 1.807) is 12.3 Å². The van der Waals surface area contributed by atoms with Gasteiger partial charge in [-0.2, -0.15) is 0 Å². The van der Waals surface area contributed by atoms with Crippen molar-refractivity contribution in [1.82, 2.24) is 4.98 Å². The quantitative estimate of drug-likeness (QED) is 0.942. The Morgan fingerprint density at radius 1 is 1.14 bits per heavy atom. The fourth-order valence-corrected chi connectivity index (χ4v) is 2.85. The second kappa shape index (κ2) is 6.18. The maximum atomic E-state index is 12.2. The zero-order valence-corrected chi connectivity index (χ0v) is 13.1. The normalized spacial score (nSPS) is 14.2. The number of amides is 1. The summed E-state index contributed by atoms with van der Waals surface area (Å²) in [4.78, 5) is 18.8. The van der Waals surface area contributed by atoms with Crippen LogP contribution in [0.3, 0.4) is 0 Å². The molecule has 1 aliphatic rings. The molecule has 2 heterocycles. The summed E-state index contributed by atoms with van der Waals surface area (Å²) in [6.45, 7) is 6.25. The number of hydrogen-bond donors (Lipinski definition) is 1. The van der Waals surface area contributed by atoms with Crippen LogP contribution in [0.4, 0.5) is 11.4 Å². The number of anilines is 2. The van der Waals surface area contributed by atoms with Crippen molar-refractivity contribution in [2.24, 2.45) is 0 Å². The van der Waals surface area contributed by atoms with E-state index in [-0.39, 0.29) is 5.91 Å². The minimum Gasteiger partial charge on any atom is -0.371 e. The lowest BCUT2D eigenvalue weighted by Crippen LogP contribution is -2.19. The Balaban J connectivity index is 1.73. The van der Waals surface area contributed by atoms with E-state index in [4.69, 9.17) is 0 Å². The van der Waals surface area contributed by atoms with Gasteiger partial charge in [0.25, 0.3) is 5.91 Å². The van der Waals surface area contributed by atoms with E-state index < -0.39 is 0 Å². The van der Waals surface area contributed by atoms with Crippen molar-refractivity contribution in [3.05, 3.63) is 53.3 Å². The van der Waals surface area contributed by atoms with Crippen LogP contribution in [0.1, 0.15) is 34.5 Å². The van der Waals surface area contributed by atoms with Crippen molar-refractivity contribution >= 4 is 17.3 Å². The molecule has 0 unspecified atom stereocenters. The molecule has 4 nitrogen and oxygen atoms in total. The first kappa shape index (κ1) is 14.6. The molecule has 0 radical (unpaired) electrons. The largest absolute Gasteiger partial charge is 0.371 e. The van der Waals surface area contributed by atoms with Crippen LogP contribution in [-0.4, -0.2) is 24.0 Å². The van der Waals surface area contributed by atoms with E-state index in [2.05, 4.69) is 28.2 Å². The van der Waals surface area contributed by atoms with Crippen molar-refractivity contribution in [3.8, 4) is 0 Å². The van der Waals surface area contributed by atoms with Crippen LogP contribution in [0.5, 0.6) is 0 Å². The zero-order valence-electron chi connectivity index (χ0n) is 13.1. The highest BCUT2D eigenvalue weighted by Crippen LogP contribution is 2.26. The third-order valence-electron chi connectivity index (χ3n) is 4.07. The van der Waals surface area contributed by atoms with Gasteiger partial charge in [-0.1, -0.05) is 0 Å². The second-order valence-corrected chi connectivity index (χ2v) is 5.84. The number of pyridine rings is 1. The third-order valence-corrected chi connectivity index (χ3v) is 4.07. The minimum atomic E-state index is -0.124. The smallest absolute Gasteiger partial charge is 0.257 e. The van der Waals surface area contributed by atoms with Crippen molar-refractivity contribution < 1.29 is 4.79 Å². The Bertz CT molecular complexity index is 673. The highest BCUT2D eigenvalue weighted by molar-refractivity contribution is 6.04. The average Bonchev–Trinajstić information content (AvgIpc) is 3.02. The number of hydrogen-bond acceptors (Lipinski definition) is 3. The first-order valence-corrected chi connectivity index (χ1v) is 7.73. The van der Waals surface area contributed by atoms with Gasteiger partial charge in [0.2, 0.25) is 0 Å². The molecular weight excluding hydrogens is 274 g/mol. The highest BCUT2D eigenvalue weighted by Gasteiger charge is 2.15. The van der Waals surface area contributed by atoms with Gasteiger partial charge in [-0.05, 0) is 62.6 Å². The summed E-state index contributed by atoms with van der Waals surface area (Å²) < 4.78 is 0. The minimum absolute atomic E-state index is 0.124. The SMILES string of the molecule is Cc1ccc(C(=O)Nc2ccc(N3CCCC3)c(C)c2)cn1. The van der Waals surface area contributed by atoms with Gasteiger partial charge in [0, 0.05) is 36.4 Å². The van der Waals surface area contributed by atoms with Gasteiger partial charge in [-0.15, -0.1) is 0 Å². The summed E-state index contributed by atoms with van der Waals surface area (Å²) in [5.74, 6) is -0.124. The molecule has 1 fully saturated rings. The van der Waals surface area contributed by atoms with E-state index in [9.17, 15) is 4.79 Å². The topological polar surface area (TPSA) is 45.2 Å². The Morgan fingerprint density at radius 2 is 1.91 bits per heavy atom. The van der Waals surface area contributed by atoms with Crippen LogP contribution in [0.25, 0.3) is 0 Å². The lowest BCUT2D eigenvalue weighted by atomic mass is 10.1. The maximum absolute atomic E-state index is 12.2. The lowest BCUT2D eigenvalue weighted by molar-refractivity contribution is 0.102. The first-order valence-electron chi connectivity index (χ1n) is 7.73. The van der Waals surface area contributed by atoms with Gasteiger partial charge in [-0.3, -0.25) is 9.78 Å². The zero-order chi connectivity index (χ0) is 15.5. The fourth-order valence-electron chi connectivity index (χ4n) is 2.85. The number of aromatic nitrogens is 1. The summed E-state index contributed by atoms with van der Waals surface area (Å²) in [5.41, 5.74) is 4.77. The molecule has 1 aromatic heterocycles. The van der Waals surface area contributed by atoms with Crippen LogP contribution < -0.4 is 10.2 Å². The van der Waals surface area contributed by atoms with Crippen LogP contribution in [0.2, 0.25) is 0 Å². The predicted molar refractivity (Wildman–Crippen MR) is 89.6 cm³/mol. The molecule has 114 valence electrons. The number of nitrogens with zero attached hydrogens (tertiary/aromatic N) is 2. The number of nitrogens with one attached hydrogen (secondary N) is 1. The molecule has 1 saturated heterocycles. The van der Waals surface area contributed by atoms with E-state index in [0.717, 1.165) is 24.5 Å². The summed E-state index contributed by atoms with van der Waals surface area (Å²) in [7, 11) is 0. The second-order valence-electron chi connectivity index (χ2n) is 5.84. The van der Waals surface area contributed by atoms with Gasteiger partial charge < -0.3 is 10.2 Å². The van der Waals surface area contributed by atoms with Crippen molar-refractivity contribution in [2.45, 2.75) is 26.7 Å². The number of carbonyl (C=O) groups excluding carboxylic acids is 1. The van der Waals surface area contributed by atoms with Gasteiger partial charge in [0.05, 0.1) is 5.56 Å². The fraction of sp³-hybridized carbons (Fsp3) is 0.333. The molecule has 0 spiro atoms. The Hall–Kier alpha value is -2.36. The molecule has 1 amide bonds. The molecule has 1 aromatic carbocycles. The van der Waals surface area contributed by atoms with Gasteiger partial charge in [0.15, 0.2) is 0 Å². The first-order chi connectivity index (χ1) is 10.6. The van der Waals surface area contributed by atoms with Crippen molar-refractivity contribution in [2.75, 3.05) is 23.3 Å². The van der Waals surface area contributed by atoms with Crippen molar-refractivity contribution in [1.29, 1.82) is 0 Å². The maximum Gasteiger partial charge on any atom is 0.257 e. The molecule has 22 heavy (non-hydrogen) atoms. The lowest BCUT2D eigenvalue weighted by Gasteiger charge is -2.20. The summed E-state index contributed by atoms with van der Waals surface area (Å²) in [6, 6.07) is 9.75. The predicted octanol–water partition coefficient (Wildman–Crippen LogP) is 3.55. The van der Waals surface area contributed by atoms with Crippen LogP contribution in [-0.2, 0) is 0 Å². The number of rotatable bonds is 3. The highest BCUT2D eigenvalue weighted by atomic mass is 16.1. The van der Waals surface area contributed by atoms with E-state index in [0.29, 0.717) is 5.56 Å². The monoisotopic (exact) mass is 295 g/mol. The Labute approximate surface area is 131 Å². The van der Waals surface area contributed by atoms with Crippen molar-refractivity contribution in [3.63, 3.8) is 0 Å². The summed E-state index contributed by atoms with van der Waals surface area (Å²) >= 11 is 0. The summed E-state index contributed by atoms with van der Waals surface area (Å²) in [6.07, 6.45) is 4.13. The molecule has 1 N–H and O–H groups in total. The molecule has 1 aliphatic heterocycles. The number of carbonyl (C=O) groups is 1. The van der Waals surface area contributed by atoms with Gasteiger partial charge in [-0.25, -0.2) is 0 Å². The van der Waals surface area contributed by atoms with Gasteiger partial charge >= 0.3 is 0 Å². The van der Waals surface area contributed by atoms with Crippen LogP contribution in [0, 0.1) is 13.8 Å². The van der Waals surface area contributed by atoms with E-state index >= 15 is 0 Å². The molecule has 0 atom stereocenters. The molecule has 0 aliphatic carbocycles. The van der Waals surface area contributed by atoms with Crippen LogP contribution in [0.15, 0.2) is 36.5 Å². The van der Waals surface area contributed by atoms with E-state index in [1.165, 1.54) is 24.1 Å². The average molecular weight is 295 g/mol. The Morgan fingerprint density at radius 3 is 2.55 bits per heavy atom. The molecule has 2 aromatic rings. The molecule has 3 rings (SSSR count). The van der Waals surface area contributed by atoms with Crippen LogP contribution >= 0.6 is 0 Å². The Kier molecular flexibility index (Phi) is 4.09. The molecular formula is C18H21N3O. The molecule has 0 bridgehead atoms.